The summed E-state index contributed by atoms with van der Waals surface area (Å²) in [4.78, 5) is 11.0. The molecule has 1 saturated heterocycles. The standard InChI is InChI=1S/C14H13N5OS/c20-13-10-21-14(17-13)18-15-8-11-3-1-4-12(7-11)9-19-6-2-5-16-19/h1-8H,9-10H2,(H,17,18,20). The zero-order valence-electron chi connectivity index (χ0n) is 11.1. The van der Waals surface area contributed by atoms with Crippen molar-refractivity contribution in [2.45, 2.75) is 6.54 Å². The monoisotopic (exact) mass is 299 g/mol. The van der Waals surface area contributed by atoms with Crippen molar-refractivity contribution in [3.05, 3.63) is 53.9 Å². The van der Waals surface area contributed by atoms with Crippen LogP contribution in [0.1, 0.15) is 11.1 Å². The van der Waals surface area contributed by atoms with E-state index in [9.17, 15) is 4.79 Å². The number of thioether (sulfide) groups is 1. The highest BCUT2D eigenvalue weighted by atomic mass is 32.2. The van der Waals surface area contributed by atoms with Gasteiger partial charge in [-0.05, 0) is 23.3 Å². The Morgan fingerprint density at radius 2 is 2.38 bits per heavy atom. The molecule has 0 saturated carbocycles. The number of rotatable bonds is 4. The fraction of sp³-hybridized carbons (Fsp3) is 0.143. The van der Waals surface area contributed by atoms with Crippen LogP contribution in [0.4, 0.5) is 0 Å². The third-order valence-corrected chi connectivity index (χ3v) is 3.66. The summed E-state index contributed by atoms with van der Waals surface area (Å²) in [6.45, 7) is 0.717. The van der Waals surface area contributed by atoms with Crippen molar-refractivity contribution in [2.75, 3.05) is 5.75 Å². The van der Waals surface area contributed by atoms with Crippen LogP contribution in [0.5, 0.6) is 0 Å². The van der Waals surface area contributed by atoms with Crippen LogP contribution in [0.15, 0.2) is 52.9 Å². The van der Waals surface area contributed by atoms with Crippen LogP contribution < -0.4 is 5.32 Å². The molecule has 7 heteroatoms. The molecule has 3 rings (SSSR count). The number of amidine groups is 1. The predicted octanol–water partition coefficient (Wildman–Crippen LogP) is 1.48. The van der Waals surface area contributed by atoms with Gasteiger partial charge in [-0.1, -0.05) is 30.0 Å². The van der Waals surface area contributed by atoms with Crippen molar-refractivity contribution >= 4 is 29.1 Å². The van der Waals surface area contributed by atoms with Gasteiger partial charge in [0.2, 0.25) is 5.91 Å². The quantitative estimate of drug-likeness (QED) is 0.686. The Morgan fingerprint density at radius 1 is 1.43 bits per heavy atom. The molecule has 21 heavy (non-hydrogen) atoms. The van der Waals surface area contributed by atoms with Crippen LogP contribution in [-0.4, -0.2) is 32.8 Å². The first-order chi connectivity index (χ1) is 10.3. The molecule has 0 aliphatic carbocycles. The zero-order valence-corrected chi connectivity index (χ0v) is 12.0. The Labute approximate surface area is 126 Å². The van der Waals surface area contributed by atoms with Gasteiger partial charge in [-0.2, -0.15) is 10.2 Å². The van der Waals surface area contributed by atoms with Gasteiger partial charge in [0.05, 0.1) is 18.5 Å². The van der Waals surface area contributed by atoms with Gasteiger partial charge in [0.1, 0.15) is 0 Å². The van der Waals surface area contributed by atoms with Gasteiger partial charge in [0.25, 0.3) is 0 Å². The van der Waals surface area contributed by atoms with Gasteiger partial charge in [-0.3, -0.25) is 9.48 Å². The smallest absolute Gasteiger partial charge is 0.236 e. The molecule has 0 spiro atoms. The third kappa shape index (κ3) is 3.79. The Balaban J connectivity index is 1.67. The fourth-order valence-electron chi connectivity index (χ4n) is 1.88. The molecule has 0 radical (unpaired) electrons. The minimum atomic E-state index is -0.0323. The molecule has 0 bridgehead atoms. The molecule has 2 heterocycles. The minimum absolute atomic E-state index is 0.0323. The van der Waals surface area contributed by atoms with E-state index in [0.29, 0.717) is 10.9 Å². The summed E-state index contributed by atoms with van der Waals surface area (Å²) in [6, 6.07) is 9.90. The average molecular weight is 299 g/mol. The lowest BCUT2D eigenvalue weighted by Gasteiger charge is -2.02. The number of amides is 1. The molecule has 1 N–H and O–H groups in total. The average Bonchev–Trinajstić information content (AvgIpc) is 3.11. The van der Waals surface area contributed by atoms with E-state index < -0.39 is 0 Å². The van der Waals surface area contributed by atoms with Gasteiger partial charge in [-0.15, -0.1) is 5.10 Å². The Kier molecular flexibility index (Phi) is 4.11. The predicted molar refractivity (Wildman–Crippen MR) is 83.4 cm³/mol. The van der Waals surface area contributed by atoms with Crippen molar-refractivity contribution in [1.29, 1.82) is 0 Å². The highest BCUT2D eigenvalue weighted by Gasteiger charge is 2.15. The number of aromatic nitrogens is 2. The number of carbonyl (C=O) groups is 1. The summed E-state index contributed by atoms with van der Waals surface area (Å²) in [7, 11) is 0. The van der Waals surface area contributed by atoms with Crippen LogP contribution in [0.3, 0.4) is 0 Å². The van der Waals surface area contributed by atoms with E-state index in [1.165, 1.54) is 11.8 Å². The molecule has 6 nitrogen and oxygen atoms in total. The molecule has 1 aromatic heterocycles. The van der Waals surface area contributed by atoms with Gasteiger partial charge in [0.15, 0.2) is 5.17 Å². The van der Waals surface area contributed by atoms with E-state index in [1.807, 2.05) is 41.2 Å². The molecule has 106 valence electrons. The van der Waals surface area contributed by atoms with Crippen molar-refractivity contribution in [1.82, 2.24) is 15.1 Å². The van der Waals surface area contributed by atoms with Crippen LogP contribution in [0.25, 0.3) is 0 Å². The van der Waals surface area contributed by atoms with Crippen LogP contribution in [0.2, 0.25) is 0 Å². The third-order valence-electron chi connectivity index (χ3n) is 2.80. The molecule has 0 unspecified atom stereocenters. The first-order valence-corrected chi connectivity index (χ1v) is 7.38. The number of carbonyl (C=O) groups excluding carboxylic acids is 1. The van der Waals surface area contributed by atoms with E-state index in [4.69, 9.17) is 0 Å². The molecule has 1 aliphatic rings. The maximum Gasteiger partial charge on any atom is 0.236 e. The molecular formula is C14H13N5OS. The van der Waals surface area contributed by atoms with Crippen molar-refractivity contribution in [2.24, 2.45) is 10.2 Å². The second-order valence-corrected chi connectivity index (χ2v) is 5.40. The first-order valence-electron chi connectivity index (χ1n) is 6.40. The Hall–Kier alpha value is -2.41. The topological polar surface area (TPSA) is 71.6 Å². The number of nitrogens with one attached hydrogen (secondary N) is 1. The highest BCUT2D eigenvalue weighted by molar-refractivity contribution is 8.15. The van der Waals surface area contributed by atoms with Gasteiger partial charge in [0, 0.05) is 12.4 Å². The van der Waals surface area contributed by atoms with E-state index in [1.54, 1.807) is 12.4 Å². The Morgan fingerprint density at radius 3 is 3.14 bits per heavy atom. The summed E-state index contributed by atoms with van der Waals surface area (Å²) in [5, 5.41) is 15.3. The molecular weight excluding hydrogens is 286 g/mol. The van der Waals surface area contributed by atoms with Gasteiger partial charge < -0.3 is 5.32 Å². The molecule has 1 aliphatic heterocycles. The fourth-order valence-corrected chi connectivity index (χ4v) is 2.51. The molecule has 1 fully saturated rings. The number of benzene rings is 1. The van der Waals surface area contributed by atoms with Gasteiger partial charge in [-0.25, -0.2) is 0 Å². The summed E-state index contributed by atoms with van der Waals surface area (Å²) in [5.74, 6) is 0.378. The van der Waals surface area contributed by atoms with Crippen LogP contribution in [-0.2, 0) is 11.3 Å². The van der Waals surface area contributed by atoms with Crippen molar-refractivity contribution < 1.29 is 4.79 Å². The lowest BCUT2D eigenvalue weighted by Crippen LogP contribution is -2.19. The zero-order chi connectivity index (χ0) is 14.5. The normalized spacial score (nSPS) is 16.8. The van der Waals surface area contributed by atoms with Crippen LogP contribution in [0, 0.1) is 0 Å². The first kappa shape index (κ1) is 13.6. The Bertz CT molecular complexity index is 693. The maximum absolute atomic E-state index is 11.0. The second-order valence-electron chi connectivity index (χ2n) is 4.44. The van der Waals surface area contributed by atoms with E-state index in [0.717, 1.165) is 17.7 Å². The summed E-state index contributed by atoms with van der Waals surface area (Å²) >= 11 is 1.36. The van der Waals surface area contributed by atoms with E-state index >= 15 is 0 Å². The molecule has 0 atom stereocenters. The lowest BCUT2D eigenvalue weighted by atomic mass is 10.1. The summed E-state index contributed by atoms with van der Waals surface area (Å²) < 4.78 is 1.86. The maximum atomic E-state index is 11.0. The molecule has 1 aromatic carbocycles. The van der Waals surface area contributed by atoms with Gasteiger partial charge >= 0.3 is 0 Å². The molecule has 2 aromatic rings. The van der Waals surface area contributed by atoms with Crippen LogP contribution >= 0.6 is 11.8 Å². The highest BCUT2D eigenvalue weighted by Crippen LogP contribution is 2.09. The van der Waals surface area contributed by atoms with Crippen molar-refractivity contribution in [3.63, 3.8) is 0 Å². The number of hydrogen-bond acceptors (Lipinski definition) is 5. The lowest BCUT2D eigenvalue weighted by molar-refractivity contribution is -0.116. The van der Waals surface area contributed by atoms with Crippen molar-refractivity contribution in [3.8, 4) is 0 Å². The largest absolute Gasteiger partial charge is 0.303 e. The summed E-state index contributed by atoms with van der Waals surface area (Å²) in [6.07, 6.45) is 5.35. The molecule has 1 amide bonds. The number of hydrogen-bond donors (Lipinski definition) is 1. The minimum Gasteiger partial charge on any atom is -0.303 e. The van der Waals surface area contributed by atoms with E-state index in [2.05, 4.69) is 20.6 Å². The number of nitrogens with zero attached hydrogens (tertiary/aromatic N) is 4. The SMILES string of the molecule is O=C1CSC(=NN=Cc2cccc(Cn3cccn3)c2)N1. The second kappa shape index (κ2) is 6.36. The van der Waals surface area contributed by atoms with E-state index in [-0.39, 0.29) is 5.91 Å². The summed E-state index contributed by atoms with van der Waals surface area (Å²) in [5.41, 5.74) is 2.09.